The van der Waals surface area contributed by atoms with Crippen LogP contribution in [0.5, 0.6) is 0 Å². The molecular weight excluding hydrogens is 1760 g/mol. The van der Waals surface area contributed by atoms with Gasteiger partial charge in [-0.25, -0.2) is 33.6 Å². The molecule has 3 aliphatic rings. The Bertz CT molecular complexity index is 5150. The summed E-state index contributed by atoms with van der Waals surface area (Å²) in [6.07, 6.45) is 56.2. The third-order valence-electron chi connectivity index (χ3n) is 25.2. The van der Waals surface area contributed by atoms with Gasteiger partial charge in [0.15, 0.2) is 6.61 Å². The number of rotatable bonds is 51. The highest BCUT2D eigenvalue weighted by Gasteiger charge is 2.34. The number of methoxy groups -OCH3 is 1. The molecule has 0 aliphatic carbocycles. The number of fused-ring (bicyclic) bond motifs is 1. The van der Waals surface area contributed by atoms with E-state index >= 15 is 0 Å². The lowest BCUT2D eigenvalue weighted by atomic mass is 9.83. The summed E-state index contributed by atoms with van der Waals surface area (Å²) in [7, 11) is 1.21. The van der Waals surface area contributed by atoms with Crippen molar-refractivity contribution in [2.75, 3.05) is 13.7 Å². The fraction of sp³-hybridized carbons (Fsp3) is 0.487. The summed E-state index contributed by atoms with van der Waals surface area (Å²) in [6.45, 7) is 46.6. The van der Waals surface area contributed by atoms with Gasteiger partial charge in [0.2, 0.25) is 0 Å². The number of carbonyl (C=O) groups is 10. The van der Waals surface area contributed by atoms with Gasteiger partial charge in [-0.1, -0.05) is 339 Å². The van der Waals surface area contributed by atoms with Crippen molar-refractivity contribution in [1.82, 2.24) is 4.98 Å². The number of benzene rings is 2. The van der Waals surface area contributed by atoms with Crippen LogP contribution in [0.4, 0.5) is 0 Å². The van der Waals surface area contributed by atoms with Crippen molar-refractivity contribution in [3.8, 4) is 0 Å². The fourth-order valence-electron chi connectivity index (χ4n) is 16.7. The molecule has 0 fully saturated rings. The number of aliphatic hydroxyl groups excluding tert-OH is 3. The Morgan fingerprint density at radius 1 is 0.414 bits per heavy atom. The standard InChI is InChI=1S/C43H55NO6.C40H54O6.C36H52O8/c1-9-35(19-20-38-31(5)18-21-39(45)50-38)25-29(3)14-10-13-28(2)23-32(6)42(47)34(8)43(48)33(7)24-30(4)26-40(46)49-27-37-16-11-15-36-17-12-22-44-41(36)37;1-9-34(19-20-36-30(5)18-21-37(41)46-36)24-28(3)15-13-14-27(2)22-31(6)39(43)33(8)40(44)32(7)23-29(4)25-38(42)45-26-35-16-11-10-12-17-35;1-10-30(15-16-31-26(5)14-17-32(37)44-31)20-24(3)13-11-12-23(2)18-27(6)35(40)29(8)36(41)28(7)19-25(4)21-33(38)43-22-34(39)42-9/h10-13,15-23,25-26,29,31-34,38,43,48H,9,14,24,27H2,1-8H3;10-14,16-22,24-25,28,30-33,36,40,44H,9,15,23,26H2,1-8H3;11-12,14-18,20-21,24,26-29,31,36,41H,10,13,19,22H2,1-9H3/b13-10+,20-19+,28-23+,30-26+,35-25-;14-13+,20-19+,27-22+,29-25+,34-24-;12-11+,16-15+,23-18+,25-21+,30-20-/t29-,31+,32-,33+,34-,38+,43-;28-,30+,31-,32+,33-,36+,40-;24-,26+,27-,28+,29-,31+,36-/m111/s1. The maximum Gasteiger partial charge on any atom is 0.344 e. The first-order valence-corrected chi connectivity index (χ1v) is 49.7. The monoisotopic (exact) mass is 1920 g/mol. The number of para-hydroxylation sites is 1. The van der Waals surface area contributed by atoms with Gasteiger partial charge in [-0.05, 0) is 165 Å². The zero-order valence-corrected chi connectivity index (χ0v) is 87.8. The number of nitrogens with zero attached hydrogens (tertiary/aromatic N) is 1. The smallest absolute Gasteiger partial charge is 0.344 e. The number of pyridine rings is 1. The second-order valence-corrected chi connectivity index (χ2v) is 38.6. The Balaban J connectivity index is 0.000000439. The molecule has 0 saturated carbocycles. The van der Waals surface area contributed by atoms with Crippen LogP contribution >= 0.6 is 0 Å². The summed E-state index contributed by atoms with van der Waals surface area (Å²) in [5, 5.41) is 33.9. The molecular formula is C119H161NO20. The van der Waals surface area contributed by atoms with E-state index in [1.54, 1.807) is 33.9 Å². The van der Waals surface area contributed by atoms with Crippen molar-refractivity contribution in [2.45, 2.75) is 274 Å². The largest absolute Gasteiger partial charge is 0.466 e. The topological polar surface area (TPSA) is 309 Å². The summed E-state index contributed by atoms with van der Waals surface area (Å²) < 4.78 is 36.3. The molecule has 0 bridgehead atoms. The molecule has 1 aromatic heterocycles. The first kappa shape index (κ1) is 121. The highest BCUT2D eigenvalue weighted by Crippen LogP contribution is 2.31. The predicted molar refractivity (Wildman–Crippen MR) is 559 cm³/mol. The van der Waals surface area contributed by atoms with Crippen molar-refractivity contribution in [2.24, 2.45) is 88.8 Å². The van der Waals surface area contributed by atoms with Crippen LogP contribution in [0.2, 0.25) is 0 Å². The van der Waals surface area contributed by atoms with Gasteiger partial charge in [0, 0.05) is 107 Å². The summed E-state index contributed by atoms with van der Waals surface area (Å²) in [5.41, 5.74) is 11.3. The van der Waals surface area contributed by atoms with E-state index in [4.69, 9.17) is 28.4 Å². The number of aliphatic hydroxyl groups is 3. The van der Waals surface area contributed by atoms with E-state index in [0.29, 0.717) is 42.6 Å². The zero-order chi connectivity index (χ0) is 104. The van der Waals surface area contributed by atoms with Gasteiger partial charge in [0.1, 0.15) is 48.9 Å². The zero-order valence-electron chi connectivity index (χ0n) is 87.8. The van der Waals surface area contributed by atoms with E-state index in [-0.39, 0.29) is 120 Å². The summed E-state index contributed by atoms with van der Waals surface area (Å²) >= 11 is 0. The molecule has 0 radical (unpaired) electrons. The minimum absolute atomic E-state index is 0.0138. The quantitative estimate of drug-likeness (QED) is 0.0205. The van der Waals surface area contributed by atoms with Crippen LogP contribution in [-0.4, -0.2) is 130 Å². The number of cyclic esters (lactones) is 3. The van der Waals surface area contributed by atoms with Crippen molar-refractivity contribution >= 4 is 70.0 Å². The van der Waals surface area contributed by atoms with E-state index in [1.165, 1.54) is 60.3 Å². The van der Waals surface area contributed by atoms with Crippen LogP contribution in [-0.2, 0) is 94.3 Å². The maximum absolute atomic E-state index is 13.3. The van der Waals surface area contributed by atoms with Gasteiger partial charge in [-0.2, -0.15) is 0 Å². The SMILES string of the molecule is CCC(=C/[C@H](C)C/C=C/C(C)=C/[C@@H](C)C(=O)[C@@H](C)[C@H](O)[C@@H](C)C/C(C)=C/C(=O)OCC(=O)OC)/C=C/[C@@H]1OC(=O)C=C[C@@H]1C.CCC(=C/[C@H](C)C/C=C/C(C)=C/[C@@H](C)C(=O)[C@@H](C)[C@H](O)[C@@H](C)C/C(C)=C/C(=O)OCc1cccc2cccnc12)/C=C/[C@@H]1OC(=O)C=C[C@@H]1C.CCC(=C/[C@H](C)C/C=C/C(C)=C/[C@@H](C)C(=O)[C@@H](C)[C@H](O)[C@@H](C)C/C(C)=C/C(=O)OCc1ccccc1)/C=C/[C@@H]1OC(=O)C=C[C@@H]1C. The van der Waals surface area contributed by atoms with Crippen LogP contribution in [0.25, 0.3) is 10.9 Å². The lowest BCUT2D eigenvalue weighted by Crippen LogP contribution is -2.34. The van der Waals surface area contributed by atoms with Crippen molar-refractivity contribution in [3.05, 3.63) is 292 Å². The molecule has 0 unspecified atom stereocenters. The molecule has 21 atom stereocenters. The summed E-state index contributed by atoms with van der Waals surface area (Å²) in [6, 6.07) is 19.1. The van der Waals surface area contributed by atoms with Gasteiger partial charge in [0.25, 0.3) is 0 Å². The summed E-state index contributed by atoms with van der Waals surface area (Å²) in [5.74, 6) is -5.28. The molecule has 3 N–H and O–H groups in total. The van der Waals surface area contributed by atoms with E-state index in [2.05, 4.69) is 99.9 Å². The molecule has 6 rings (SSSR count). The summed E-state index contributed by atoms with van der Waals surface area (Å²) in [4.78, 5) is 127. The Kier molecular flexibility index (Phi) is 55.1. The van der Waals surface area contributed by atoms with Crippen molar-refractivity contribution in [3.63, 3.8) is 0 Å². The van der Waals surface area contributed by atoms with Gasteiger partial charge in [-0.15, -0.1) is 0 Å². The second kappa shape index (κ2) is 63.9. The third-order valence-corrected chi connectivity index (χ3v) is 25.2. The number of ketones is 3. The number of hydrogen-bond donors (Lipinski definition) is 3. The average Bonchev–Trinajstić information content (AvgIpc) is 0.828. The maximum atomic E-state index is 13.3. The highest BCUT2D eigenvalue weighted by atomic mass is 16.6. The van der Waals surface area contributed by atoms with Crippen LogP contribution in [0.15, 0.2) is 281 Å². The van der Waals surface area contributed by atoms with E-state index in [0.717, 1.165) is 88.4 Å². The average molecular weight is 1930 g/mol. The number of allylic oxidation sites excluding steroid dienone is 24. The molecule has 0 spiro atoms. The van der Waals surface area contributed by atoms with Crippen LogP contribution in [0, 0.1) is 88.8 Å². The molecule has 21 nitrogen and oxygen atoms in total. The minimum Gasteiger partial charge on any atom is -0.466 e. The molecule has 0 saturated heterocycles. The van der Waals surface area contributed by atoms with Crippen LogP contribution in [0.1, 0.15) is 235 Å². The molecule has 0 amide bonds. The highest BCUT2D eigenvalue weighted by molar-refractivity contribution is 5.89. The third kappa shape index (κ3) is 45.7. The molecule has 4 heterocycles. The Hall–Kier alpha value is -11.7. The number of ether oxygens (including phenoxy) is 7. The predicted octanol–water partition coefficient (Wildman–Crippen LogP) is 23.9. The molecule has 2 aromatic carbocycles. The molecule has 3 aromatic rings. The van der Waals surface area contributed by atoms with Gasteiger partial charge in [0.05, 0.1) is 30.9 Å². The first-order valence-electron chi connectivity index (χ1n) is 49.7. The first-order chi connectivity index (χ1) is 66.3. The van der Waals surface area contributed by atoms with Crippen LogP contribution < -0.4 is 0 Å². The van der Waals surface area contributed by atoms with E-state index in [1.807, 2.05) is 237 Å². The Morgan fingerprint density at radius 3 is 1.08 bits per heavy atom. The molecule has 21 heteroatoms. The second-order valence-electron chi connectivity index (χ2n) is 38.6. The molecule has 140 heavy (non-hydrogen) atoms. The lowest BCUT2D eigenvalue weighted by Gasteiger charge is -2.25. The lowest BCUT2D eigenvalue weighted by molar-refractivity contribution is -0.154. The number of esters is 7. The number of aromatic nitrogens is 1. The minimum atomic E-state index is -0.886. The number of Topliss-reactive ketones (excluding diaryl/α,β-unsaturated/α-hetero) is 3. The van der Waals surface area contributed by atoms with E-state index < -0.39 is 66.5 Å². The van der Waals surface area contributed by atoms with Crippen molar-refractivity contribution in [1.29, 1.82) is 0 Å². The van der Waals surface area contributed by atoms with Crippen molar-refractivity contribution < 1.29 is 96.4 Å². The van der Waals surface area contributed by atoms with Gasteiger partial charge in [-0.3, -0.25) is 19.4 Å². The Morgan fingerprint density at radius 2 is 0.743 bits per heavy atom. The van der Waals surface area contributed by atoms with Gasteiger partial charge < -0.3 is 48.5 Å². The Labute approximate surface area is 835 Å². The fourth-order valence-corrected chi connectivity index (χ4v) is 16.7. The normalized spacial score (nSPS) is 21.0. The molecule has 762 valence electrons. The molecule has 3 aliphatic heterocycles. The van der Waals surface area contributed by atoms with E-state index in [9.17, 15) is 63.3 Å². The number of carbonyl (C=O) groups excluding carboxylic acids is 10. The van der Waals surface area contributed by atoms with Gasteiger partial charge >= 0.3 is 41.8 Å². The number of hydrogen-bond acceptors (Lipinski definition) is 21. The van der Waals surface area contributed by atoms with Crippen LogP contribution in [0.3, 0.4) is 0 Å².